The Balaban J connectivity index is 2.00. The van der Waals surface area contributed by atoms with Gasteiger partial charge in [-0.3, -0.25) is 14.7 Å². The Bertz CT molecular complexity index is 778. The molecule has 0 aliphatic carbocycles. The van der Waals surface area contributed by atoms with E-state index in [1.165, 1.54) is 17.3 Å². The van der Waals surface area contributed by atoms with Gasteiger partial charge in [0.25, 0.3) is 0 Å². The number of carbonyl (C=O) groups is 2. The van der Waals surface area contributed by atoms with Crippen LogP contribution in [0, 0.1) is 13.8 Å². The number of imidazole rings is 1. The highest BCUT2D eigenvalue weighted by atomic mass is 32.2. The summed E-state index contributed by atoms with van der Waals surface area (Å²) in [5, 5.41) is 5.73. The van der Waals surface area contributed by atoms with Crippen LogP contribution in [0.3, 0.4) is 0 Å². The van der Waals surface area contributed by atoms with Crippen LogP contribution in [0.1, 0.15) is 31.9 Å². The number of rotatable bonds is 4. The molecule has 0 saturated carbocycles. The standard InChI is InChI=1S/C18H24N4O2S/c1-12-6-7-14(13(2)10-12)22-9-8-19-17(22)25-11-15(23)20-16(24)21-18(3,4)5/h6-10H,11H2,1-5H3,(H2,20,21,23,24). The van der Waals surface area contributed by atoms with Crippen molar-refractivity contribution in [1.29, 1.82) is 0 Å². The molecular formula is C18H24N4O2S. The molecule has 0 spiro atoms. The minimum Gasteiger partial charge on any atom is -0.333 e. The predicted molar refractivity (Wildman–Crippen MR) is 100 cm³/mol. The van der Waals surface area contributed by atoms with Crippen LogP contribution in [0.5, 0.6) is 0 Å². The molecule has 1 aromatic heterocycles. The van der Waals surface area contributed by atoms with Crippen LogP contribution in [0.4, 0.5) is 4.79 Å². The van der Waals surface area contributed by atoms with Crippen molar-refractivity contribution < 1.29 is 9.59 Å². The third-order valence-corrected chi connectivity index (χ3v) is 4.26. The molecule has 1 aromatic carbocycles. The van der Waals surface area contributed by atoms with Crippen LogP contribution in [-0.4, -0.2) is 32.8 Å². The van der Waals surface area contributed by atoms with Crippen molar-refractivity contribution >= 4 is 23.7 Å². The van der Waals surface area contributed by atoms with Gasteiger partial charge in [-0.25, -0.2) is 9.78 Å². The summed E-state index contributed by atoms with van der Waals surface area (Å²) in [5.74, 6) is -0.249. The van der Waals surface area contributed by atoms with E-state index in [0.29, 0.717) is 5.16 Å². The number of aromatic nitrogens is 2. The number of benzene rings is 1. The summed E-state index contributed by atoms with van der Waals surface area (Å²) in [6.45, 7) is 9.65. The lowest BCUT2D eigenvalue weighted by molar-refractivity contribution is -0.117. The fourth-order valence-electron chi connectivity index (χ4n) is 2.32. The fourth-order valence-corrected chi connectivity index (χ4v) is 3.09. The first kappa shape index (κ1) is 19.1. The van der Waals surface area contributed by atoms with Crippen molar-refractivity contribution in [3.05, 3.63) is 41.7 Å². The Morgan fingerprint density at radius 1 is 1.24 bits per heavy atom. The Kier molecular flexibility index (Phi) is 5.89. The van der Waals surface area contributed by atoms with Crippen LogP contribution in [0.25, 0.3) is 5.69 Å². The Morgan fingerprint density at radius 2 is 1.96 bits per heavy atom. The second-order valence-electron chi connectivity index (χ2n) is 6.91. The van der Waals surface area contributed by atoms with E-state index in [2.05, 4.69) is 21.7 Å². The molecule has 0 saturated heterocycles. The van der Waals surface area contributed by atoms with E-state index in [1.54, 1.807) is 6.20 Å². The van der Waals surface area contributed by atoms with Crippen molar-refractivity contribution in [3.63, 3.8) is 0 Å². The molecule has 0 aliphatic rings. The van der Waals surface area contributed by atoms with Gasteiger partial charge in [0, 0.05) is 17.9 Å². The molecule has 2 N–H and O–H groups in total. The molecule has 134 valence electrons. The highest BCUT2D eigenvalue weighted by Crippen LogP contribution is 2.23. The molecule has 0 radical (unpaired) electrons. The molecule has 0 fully saturated rings. The summed E-state index contributed by atoms with van der Waals surface area (Å²) in [6.07, 6.45) is 3.57. The minimum absolute atomic E-state index is 0.111. The fraction of sp³-hybridized carbons (Fsp3) is 0.389. The van der Waals surface area contributed by atoms with E-state index in [4.69, 9.17) is 0 Å². The van der Waals surface area contributed by atoms with Gasteiger partial charge in [-0.1, -0.05) is 29.5 Å². The SMILES string of the molecule is Cc1ccc(-n2ccnc2SCC(=O)NC(=O)NC(C)(C)C)c(C)c1. The Labute approximate surface area is 152 Å². The molecule has 2 rings (SSSR count). The topological polar surface area (TPSA) is 76.0 Å². The van der Waals surface area contributed by atoms with Crippen molar-refractivity contribution in [3.8, 4) is 5.69 Å². The predicted octanol–water partition coefficient (Wildman–Crippen LogP) is 3.21. The maximum atomic E-state index is 12.0. The molecule has 0 aliphatic heterocycles. The number of amides is 3. The van der Waals surface area contributed by atoms with Crippen molar-refractivity contribution in [2.75, 3.05) is 5.75 Å². The van der Waals surface area contributed by atoms with Crippen molar-refractivity contribution in [2.24, 2.45) is 0 Å². The molecular weight excluding hydrogens is 336 g/mol. The smallest absolute Gasteiger partial charge is 0.321 e. The number of aryl methyl sites for hydroxylation is 2. The summed E-state index contributed by atoms with van der Waals surface area (Å²) in [7, 11) is 0. The zero-order valence-electron chi connectivity index (χ0n) is 15.2. The summed E-state index contributed by atoms with van der Waals surface area (Å²) < 4.78 is 1.95. The van der Waals surface area contributed by atoms with Gasteiger partial charge in [-0.05, 0) is 46.2 Å². The van der Waals surface area contributed by atoms with E-state index < -0.39 is 11.6 Å². The molecule has 1 heterocycles. The lowest BCUT2D eigenvalue weighted by atomic mass is 10.1. The quantitative estimate of drug-likeness (QED) is 0.821. The van der Waals surface area contributed by atoms with E-state index in [0.717, 1.165) is 11.3 Å². The summed E-state index contributed by atoms with van der Waals surface area (Å²) in [6, 6.07) is 5.69. The van der Waals surface area contributed by atoms with Crippen LogP contribution < -0.4 is 10.6 Å². The van der Waals surface area contributed by atoms with Crippen LogP contribution in [-0.2, 0) is 4.79 Å². The number of thioether (sulfide) groups is 1. The molecule has 7 heteroatoms. The number of nitrogens with zero attached hydrogens (tertiary/aromatic N) is 2. The van der Waals surface area contributed by atoms with Crippen LogP contribution in [0.15, 0.2) is 35.7 Å². The largest absolute Gasteiger partial charge is 0.333 e. The number of nitrogens with one attached hydrogen (secondary N) is 2. The number of hydrogen-bond acceptors (Lipinski definition) is 4. The second-order valence-corrected chi connectivity index (χ2v) is 7.85. The molecule has 0 atom stereocenters. The normalized spacial score (nSPS) is 11.2. The van der Waals surface area contributed by atoms with Crippen molar-refractivity contribution in [1.82, 2.24) is 20.2 Å². The molecule has 6 nitrogen and oxygen atoms in total. The first-order chi connectivity index (χ1) is 11.7. The maximum absolute atomic E-state index is 12.0. The van der Waals surface area contributed by atoms with E-state index >= 15 is 0 Å². The minimum atomic E-state index is -0.490. The first-order valence-corrected chi connectivity index (χ1v) is 9.00. The summed E-state index contributed by atoms with van der Waals surface area (Å²) in [4.78, 5) is 28.0. The van der Waals surface area contributed by atoms with Gasteiger partial charge in [0.15, 0.2) is 5.16 Å². The van der Waals surface area contributed by atoms with E-state index in [9.17, 15) is 9.59 Å². The molecule has 0 unspecified atom stereocenters. The highest BCUT2D eigenvalue weighted by Gasteiger charge is 2.16. The maximum Gasteiger partial charge on any atom is 0.321 e. The zero-order valence-corrected chi connectivity index (χ0v) is 16.0. The van der Waals surface area contributed by atoms with Gasteiger partial charge in [0.05, 0.1) is 11.4 Å². The Hall–Kier alpha value is -2.28. The second kappa shape index (κ2) is 7.74. The third-order valence-electron chi connectivity index (χ3n) is 3.29. The first-order valence-electron chi connectivity index (χ1n) is 8.01. The monoisotopic (exact) mass is 360 g/mol. The lowest BCUT2D eigenvalue weighted by Gasteiger charge is -2.20. The number of imide groups is 1. The lowest BCUT2D eigenvalue weighted by Crippen LogP contribution is -2.48. The van der Waals surface area contributed by atoms with Gasteiger partial charge in [-0.2, -0.15) is 0 Å². The summed E-state index contributed by atoms with van der Waals surface area (Å²) >= 11 is 1.29. The van der Waals surface area contributed by atoms with Crippen LogP contribution >= 0.6 is 11.8 Å². The summed E-state index contributed by atoms with van der Waals surface area (Å²) in [5.41, 5.74) is 2.96. The number of urea groups is 1. The van der Waals surface area contributed by atoms with Gasteiger partial charge >= 0.3 is 6.03 Å². The Morgan fingerprint density at radius 3 is 2.60 bits per heavy atom. The van der Waals surface area contributed by atoms with Gasteiger partial charge in [0.1, 0.15) is 0 Å². The van der Waals surface area contributed by atoms with Gasteiger partial charge < -0.3 is 5.32 Å². The number of hydrogen-bond donors (Lipinski definition) is 2. The average Bonchev–Trinajstić information content (AvgIpc) is 2.91. The molecule has 3 amide bonds. The number of carbonyl (C=O) groups excluding carboxylic acids is 2. The van der Waals surface area contributed by atoms with E-state index in [-0.39, 0.29) is 11.7 Å². The van der Waals surface area contributed by atoms with E-state index in [1.807, 2.05) is 57.5 Å². The highest BCUT2D eigenvalue weighted by molar-refractivity contribution is 7.99. The zero-order chi connectivity index (χ0) is 18.6. The average molecular weight is 360 g/mol. The van der Waals surface area contributed by atoms with Crippen molar-refractivity contribution in [2.45, 2.75) is 45.3 Å². The van der Waals surface area contributed by atoms with Gasteiger partial charge in [0.2, 0.25) is 5.91 Å². The molecule has 25 heavy (non-hydrogen) atoms. The molecule has 2 aromatic rings. The molecule has 0 bridgehead atoms. The third kappa shape index (κ3) is 5.63. The van der Waals surface area contributed by atoms with Crippen LogP contribution in [0.2, 0.25) is 0 Å². The van der Waals surface area contributed by atoms with Gasteiger partial charge in [-0.15, -0.1) is 0 Å².